The Hall–Kier alpha value is -3.32. The number of thiazole rings is 1. The largest absolute Gasteiger partial charge is 0.463 e. The minimum atomic E-state index is -0.427. The van der Waals surface area contributed by atoms with Gasteiger partial charge in [-0.15, -0.1) is 0 Å². The van der Waals surface area contributed by atoms with Crippen molar-refractivity contribution >= 4 is 44.8 Å². The molecule has 0 unspecified atom stereocenters. The standard InChI is InChI=1S/C25H27N3O3S/c1-4-24(30)31-15-9-5-6-12-23(29)28(25-27-21-10-7-8-11-22(21)32-25)26-17-20-16-18(2)13-14-19(20)3/h4,7-8,10-11,13-14,16-17H,1,5-6,9,12,15H2,2-3H3/b26-17+. The molecule has 3 aromatic rings. The van der Waals surface area contributed by atoms with E-state index in [4.69, 9.17) is 4.74 Å². The Kier molecular flexibility index (Phi) is 8.27. The van der Waals surface area contributed by atoms with Crippen LogP contribution < -0.4 is 5.01 Å². The SMILES string of the molecule is C=CC(=O)OCCCCCC(=O)N(/N=C/c1cc(C)ccc1C)c1nc2ccccc2s1. The molecule has 0 saturated heterocycles. The molecule has 0 saturated carbocycles. The Morgan fingerprint density at radius 2 is 1.97 bits per heavy atom. The van der Waals surface area contributed by atoms with E-state index in [1.165, 1.54) is 16.3 Å². The van der Waals surface area contributed by atoms with Crippen LogP contribution in [-0.2, 0) is 14.3 Å². The molecule has 0 fully saturated rings. The van der Waals surface area contributed by atoms with Crippen LogP contribution in [0.2, 0.25) is 0 Å². The van der Waals surface area contributed by atoms with Gasteiger partial charge in [0.25, 0.3) is 0 Å². The lowest BCUT2D eigenvalue weighted by atomic mass is 10.1. The number of anilines is 1. The molecular formula is C25H27N3O3S. The number of nitrogens with zero attached hydrogens (tertiary/aromatic N) is 3. The Morgan fingerprint density at radius 3 is 2.75 bits per heavy atom. The molecule has 0 spiro atoms. The summed E-state index contributed by atoms with van der Waals surface area (Å²) in [4.78, 5) is 28.8. The zero-order valence-corrected chi connectivity index (χ0v) is 19.2. The van der Waals surface area contributed by atoms with Gasteiger partial charge in [-0.1, -0.05) is 53.8 Å². The van der Waals surface area contributed by atoms with Gasteiger partial charge in [0, 0.05) is 12.5 Å². The fraction of sp³-hybridized carbons (Fsp3) is 0.280. The zero-order chi connectivity index (χ0) is 22.9. The predicted molar refractivity (Wildman–Crippen MR) is 130 cm³/mol. The van der Waals surface area contributed by atoms with E-state index in [1.54, 1.807) is 6.21 Å². The summed E-state index contributed by atoms with van der Waals surface area (Å²) in [7, 11) is 0. The van der Waals surface area contributed by atoms with E-state index in [0.717, 1.165) is 39.4 Å². The van der Waals surface area contributed by atoms with Gasteiger partial charge in [0.2, 0.25) is 11.0 Å². The lowest BCUT2D eigenvalue weighted by molar-refractivity contribution is -0.137. The van der Waals surface area contributed by atoms with Crippen LogP contribution in [0.4, 0.5) is 5.13 Å². The highest BCUT2D eigenvalue weighted by molar-refractivity contribution is 7.22. The Bertz CT molecular complexity index is 1100. The molecule has 0 aliphatic heterocycles. The second-order valence-electron chi connectivity index (χ2n) is 7.46. The number of rotatable bonds is 10. The number of aryl methyl sites for hydroxylation is 2. The molecule has 32 heavy (non-hydrogen) atoms. The molecule has 2 aromatic carbocycles. The summed E-state index contributed by atoms with van der Waals surface area (Å²) in [5, 5.41) is 6.50. The summed E-state index contributed by atoms with van der Waals surface area (Å²) >= 11 is 1.44. The number of para-hydroxylation sites is 1. The van der Waals surface area contributed by atoms with Crippen molar-refractivity contribution in [1.29, 1.82) is 0 Å². The maximum Gasteiger partial charge on any atom is 0.330 e. The number of unbranched alkanes of at least 4 members (excludes halogenated alkanes) is 2. The number of hydrogen-bond acceptors (Lipinski definition) is 6. The van der Waals surface area contributed by atoms with Crippen LogP contribution in [0.15, 0.2) is 60.2 Å². The van der Waals surface area contributed by atoms with Gasteiger partial charge in [-0.25, -0.2) is 9.78 Å². The number of ether oxygens (including phenoxy) is 1. The van der Waals surface area contributed by atoms with Gasteiger partial charge in [0.1, 0.15) is 0 Å². The van der Waals surface area contributed by atoms with Crippen molar-refractivity contribution in [2.45, 2.75) is 39.5 Å². The van der Waals surface area contributed by atoms with E-state index in [-0.39, 0.29) is 5.91 Å². The predicted octanol–water partition coefficient (Wildman–Crippen LogP) is 5.57. The lowest BCUT2D eigenvalue weighted by Crippen LogP contribution is -2.25. The van der Waals surface area contributed by atoms with E-state index in [0.29, 0.717) is 31.0 Å². The topological polar surface area (TPSA) is 71.9 Å². The first-order valence-corrected chi connectivity index (χ1v) is 11.4. The highest BCUT2D eigenvalue weighted by Gasteiger charge is 2.19. The van der Waals surface area contributed by atoms with Crippen molar-refractivity contribution in [3.05, 3.63) is 71.8 Å². The highest BCUT2D eigenvalue weighted by Crippen LogP contribution is 2.29. The first-order chi connectivity index (χ1) is 15.5. The summed E-state index contributed by atoms with van der Waals surface area (Å²) in [6.45, 7) is 7.74. The number of hydrazone groups is 1. The highest BCUT2D eigenvalue weighted by atomic mass is 32.1. The number of amides is 1. The molecule has 1 aromatic heterocycles. The van der Waals surface area contributed by atoms with Gasteiger partial charge in [0.15, 0.2) is 0 Å². The first-order valence-electron chi connectivity index (χ1n) is 10.6. The van der Waals surface area contributed by atoms with Gasteiger partial charge in [-0.05, 0) is 56.4 Å². The van der Waals surface area contributed by atoms with Crippen molar-refractivity contribution in [1.82, 2.24) is 4.98 Å². The minimum Gasteiger partial charge on any atom is -0.463 e. The molecule has 1 amide bonds. The summed E-state index contributed by atoms with van der Waals surface area (Å²) in [6.07, 6.45) is 5.33. The number of benzene rings is 2. The third kappa shape index (κ3) is 6.34. The molecule has 166 valence electrons. The third-order valence-corrected chi connectivity index (χ3v) is 5.90. The van der Waals surface area contributed by atoms with Gasteiger partial charge < -0.3 is 4.74 Å². The lowest BCUT2D eigenvalue weighted by Gasteiger charge is -2.14. The summed E-state index contributed by atoms with van der Waals surface area (Å²) in [6, 6.07) is 13.9. The van der Waals surface area contributed by atoms with Crippen molar-refractivity contribution in [2.75, 3.05) is 11.6 Å². The fourth-order valence-corrected chi connectivity index (χ4v) is 4.02. The molecule has 0 aliphatic carbocycles. The summed E-state index contributed by atoms with van der Waals surface area (Å²) in [5.74, 6) is -0.544. The van der Waals surface area contributed by atoms with E-state index in [1.807, 2.05) is 50.2 Å². The zero-order valence-electron chi connectivity index (χ0n) is 18.4. The van der Waals surface area contributed by atoms with Gasteiger partial charge in [-0.3, -0.25) is 4.79 Å². The quantitative estimate of drug-likeness (QED) is 0.133. The average molecular weight is 450 g/mol. The van der Waals surface area contributed by atoms with E-state index in [2.05, 4.69) is 22.7 Å². The van der Waals surface area contributed by atoms with Crippen molar-refractivity contribution in [2.24, 2.45) is 5.10 Å². The number of aromatic nitrogens is 1. The third-order valence-electron chi connectivity index (χ3n) is 4.89. The maximum atomic E-state index is 13.1. The molecule has 0 radical (unpaired) electrons. The Morgan fingerprint density at radius 1 is 1.16 bits per heavy atom. The van der Waals surface area contributed by atoms with E-state index < -0.39 is 5.97 Å². The Balaban J connectivity index is 1.72. The van der Waals surface area contributed by atoms with Crippen molar-refractivity contribution < 1.29 is 14.3 Å². The maximum absolute atomic E-state index is 13.1. The second kappa shape index (κ2) is 11.3. The van der Waals surface area contributed by atoms with Gasteiger partial charge in [0.05, 0.1) is 23.0 Å². The van der Waals surface area contributed by atoms with Gasteiger partial charge in [-0.2, -0.15) is 10.1 Å². The molecule has 6 nitrogen and oxygen atoms in total. The van der Waals surface area contributed by atoms with Crippen LogP contribution in [0.1, 0.15) is 42.4 Å². The molecule has 1 heterocycles. The second-order valence-corrected chi connectivity index (χ2v) is 8.47. The van der Waals surface area contributed by atoms with Crippen LogP contribution in [0, 0.1) is 13.8 Å². The van der Waals surface area contributed by atoms with Crippen LogP contribution in [0.3, 0.4) is 0 Å². The smallest absolute Gasteiger partial charge is 0.330 e. The first kappa shape index (κ1) is 23.3. The Labute approximate surface area is 192 Å². The molecule has 0 atom stereocenters. The molecular weight excluding hydrogens is 422 g/mol. The van der Waals surface area contributed by atoms with Crippen molar-refractivity contribution in [3.63, 3.8) is 0 Å². The normalized spacial score (nSPS) is 11.1. The fourth-order valence-electron chi connectivity index (χ4n) is 3.08. The molecule has 7 heteroatoms. The average Bonchev–Trinajstić information content (AvgIpc) is 3.22. The monoisotopic (exact) mass is 449 g/mol. The van der Waals surface area contributed by atoms with E-state index >= 15 is 0 Å². The molecule has 0 aliphatic rings. The summed E-state index contributed by atoms with van der Waals surface area (Å²) < 4.78 is 5.98. The van der Waals surface area contributed by atoms with Crippen LogP contribution in [0.25, 0.3) is 10.2 Å². The van der Waals surface area contributed by atoms with Crippen LogP contribution >= 0.6 is 11.3 Å². The van der Waals surface area contributed by atoms with Crippen molar-refractivity contribution in [3.8, 4) is 0 Å². The number of esters is 1. The van der Waals surface area contributed by atoms with Gasteiger partial charge >= 0.3 is 5.97 Å². The summed E-state index contributed by atoms with van der Waals surface area (Å²) in [5.41, 5.74) is 4.03. The number of carbonyl (C=O) groups is 2. The van der Waals surface area contributed by atoms with Crippen LogP contribution in [-0.4, -0.2) is 29.7 Å². The number of fused-ring (bicyclic) bond motifs is 1. The molecule has 0 N–H and O–H groups in total. The molecule has 0 bridgehead atoms. The van der Waals surface area contributed by atoms with E-state index in [9.17, 15) is 9.59 Å². The minimum absolute atomic E-state index is 0.117. The molecule has 3 rings (SSSR count). The number of carbonyl (C=O) groups excluding carboxylic acids is 2. The number of hydrogen-bond donors (Lipinski definition) is 0. The van der Waals surface area contributed by atoms with Crippen LogP contribution in [0.5, 0.6) is 0 Å².